The molecule has 0 saturated carbocycles. The summed E-state index contributed by atoms with van der Waals surface area (Å²) in [6, 6.07) is 3.85. The van der Waals surface area contributed by atoms with Crippen molar-refractivity contribution < 1.29 is 13.5 Å². The highest BCUT2D eigenvalue weighted by Crippen LogP contribution is 2.18. The fraction of sp³-hybridized carbons (Fsp3) is 0.200. The van der Waals surface area contributed by atoms with Crippen molar-refractivity contribution in [1.29, 1.82) is 0 Å². The van der Waals surface area contributed by atoms with Crippen molar-refractivity contribution in [1.82, 2.24) is 0 Å². The Labute approximate surface area is 75.6 Å². The maximum atomic E-state index is 12.9. The van der Waals surface area contributed by atoms with Gasteiger partial charge in [-0.25, -0.2) is 4.39 Å². The average molecular weight is 184 g/mol. The molecule has 0 amide bonds. The number of hydrogen-bond donors (Lipinski definition) is 0. The Morgan fingerprint density at radius 3 is 2.85 bits per heavy atom. The number of hydrogen-bond acceptors (Lipinski definition) is 1. The summed E-state index contributed by atoms with van der Waals surface area (Å²) in [5.74, 6) is -1.89. The zero-order chi connectivity index (χ0) is 9.68. The molecule has 0 spiro atoms. The van der Waals surface area contributed by atoms with Gasteiger partial charge in [-0.15, -0.1) is 0 Å². The number of rotatable bonds is 3. The summed E-state index contributed by atoms with van der Waals surface area (Å²) < 4.78 is 30.5. The van der Waals surface area contributed by atoms with E-state index in [1.54, 1.807) is 12.2 Å². The summed E-state index contributed by atoms with van der Waals surface area (Å²) in [6.45, 7) is 2.07. The molecule has 0 aliphatic heterocycles. The smallest absolute Gasteiger partial charge is 0.200 e. The highest BCUT2D eigenvalue weighted by molar-refractivity contribution is 5.25. The minimum atomic E-state index is -0.938. The lowest BCUT2D eigenvalue weighted by Crippen LogP contribution is -1.97. The number of benzene rings is 1. The standard InChI is InChI=1S/C10H10F2O/c1-2-3-7-13-9-6-4-5-8(11)10(9)12/h2-6H,7H2,1H3. The van der Waals surface area contributed by atoms with Crippen LogP contribution in [0.4, 0.5) is 8.78 Å². The van der Waals surface area contributed by atoms with E-state index in [0.717, 1.165) is 6.07 Å². The predicted octanol–water partition coefficient (Wildman–Crippen LogP) is 2.92. The Morgan fingerprint density at radius 1 is 1.38 bits per heavy atom. The van der Waals surface area contributed by atoms with Crippen LogP contribution in [0.3, 0.4) is 0 Å². The molecule has 0 bridgehead atoms. The quantitative estimate of drug-likeness (QED) is 0.656. The van der Waals surface area contributed by atoms with Crippen molar-refractivity contribution in [2.24, 2.45) is 0 Å². The number of ether oxygens (including phenoxy) is 1. The average Bonchev–Trinajstić information content (AvgIpc) is 2.13. The summed E-state index contributed by atoms with van der Waals surface area (Å²) in [5, 5.41) is 0. The van der Waals surface area contributed by atoms with E-state index in [1.165, 1.54) is 12.1 Å². The number of allylic oxidation sites excluding steroid dienone is 1. The van der Waals surface area contributed by atoms with Crippen LogP contribution in [0.2, 0.25) is 0 Å². The molecule has 0 aromatic heterocycles. The second-order valence-electron chi connectivity index (χ2n) is 2.43. The molecule has 0 N–H and O–H groups in total. The highest BCUT2D eigenvalue weighted by atomic mass is 19.2. The summed E-state index contributed by atoms with van der Waals surface area (Å²) in [7, 11) is 0. The van der Waals surface area contributed by atoms with Crippen molar-refractivity contribution in [3.8, 4) is 5.75 Å². The molecule has 0 unspecified atom stereocenters. The first-order chi connectivity index (χ1) is 6.25. The van der Waals surface area contributed by atoms with Crippen molar-refractivity contribution in [2.45, 2.75) is 6.92 Å². The van der Waals surface area contributed by atoms with Gasteiger partial charge in [-0.2, -0.15) is 4.39 Å². The lowest BCUT2D eigenvalue weighted by Gasteiger charge is -2.03. The van der Waals surface area contributed by atoms with E-state index < -0.39 is 11.6 Å². The SMILES string of the molecule is CC=CCOc1cccc(F)c1F. The lowest BCUT2D eigenvalue weighted by molar-refractivity contribution is 0.332. The van der Waals surface area contributed by atoms with Gasteiger partial charge < -0.3 is 4.74 Å². The van der Waals surface area contributed by atoms with Crippen molar-refractivity contribution >= 4 is 0 Å². The molecule has 0 heterocycles. The third-order valence-corrected chi connectivity index (χ3v) is 1.49. The van der Waals surface area contributed by atoms with E-state index in [1.807, 2.05) is 6.92 Å². The molecule has 0 saturated heterocycles. The molecule has 1 rings (SSSR count). The largest absolute Gasteiger partial charge is 0.486 e. The van der Waals surface area contributed by atoms with E-state index in [9.17, 15) is 8.78 Å². The van der Waals surface area contributed by atoms with Crippen LogP contribution in [0.15, 0.2) is 30.4 Å². The van der Waals surface area contributed by atoms with E-state index in [2.05, 4.69) is 0 Å². The molecule has 1 nitrogen and oxygen atoms in total. The molecule has 70 valence electrons. The van der Waals surface area contributed by atoms with E-state index in [-0.39, 0.29) is 12.4 Å². The minimum Gasteiger partial charge on any atom is -0.486 e. The summed E-state index contributed by atoms with van der Waals surface area (Å²) in [5.41, 5.74) is 0. The molecule has 0 fully saturated rings. The van der Waals surface area contributed by atoms with Crippen LogP contribution >= 0.6 is 0 Å². The fourth-order valence-electron chi connectivity index (χ4n) is 0.830. The summed E-state index contributed by atoms with van der Waals surface area (Å²) in [4.78, 5) is 0. The molecular weight excluding hydrogens is 174 g/mol. The molecule has 3 heteroatoms. The van der Waals surface area contributed by atoms with Crippen molar-refractivity contribution in [3.05, 3.63) is 42.0 Å². The summed E-state index contributed by atoms with van der Waals surface area (Å²) in [6.07, 6.45) is 3.49. The van der Waals surface area contributed by atoms with E-state index in [0.29, 0.717) is 0 Å². The van der Waals surface area contributed by atoms with Gasteiger partial charge >= 0.3 is 0 Å². The first-order valence-electron chi connectivity index (χ1n) is 3.93. The van der Waals surface area contributed by atoms with Crippen LogP contribution in [-0.4, -0.2) is 6.61 Å². The Bertz CT molecular complexity index is 308. The van der Waals surface area contributed by atoms with Crippen LogP contribution in [0, 0.1) is 11.6 Å². The molecule has 0 atom stereocenters. The third-order valence-electron chi connectivity index (χ3n) is 1.49. The lowest BCUT2D eigenvalue weighted by atomic mass is 10.3. The Hall–Kier alpha value is -1.38. The first kappa shape index (κ1) is 9.71. The van der Waals surface area contributed by atoms with E-state index in [4.69, 9.17) is 4.74 Å². The fourth-order valence-corrected chi connectivity index (χ4v) is 0.830. The van der Waals surface area contributed by atoms with E-state index >= 15 is 0 Å². The molecule has 13 heavy (non-hydrogen) atoms. The van der Waals surface area contributed by atoms with Gasteiger partial charge in [0.1, 0.15) is 6.61 Å². The monoisotopic (exact) mass is 184 g/mol. The molecule has 0 aliphatic carbocycles. The first-order valence-corrected chi connectivity index (χ1v) is 3.93. The molecule has 1 aromatic rings. The number of halogens is 2. The Kier molecular flexibility index (Phi) is 3.43. The maximum absolute atomic E-state index is 12.9. The van der Waals surface area contributed by atoms with Crippen molar-refractivity contribution in [3.63, 3.8) is 0 Å². The third kappa shape index (κ3) is 2.54. The zero-order valence-corrected chi connectivity index (χ0v) is 7.26. The topological polar surface area (TPSA) is 9.23 Å². The van der Waals surface area contributed by atoms with Crippen LogP contribution in [0.25, 0.3) is 0 Å². The van der Waals surface area contributed by atoms with Gasteiger partial charge in [0.2, 0.25) is 5.82 Å². The highest BCUT2D eigenvalue weighted by Gasteiger charge is 2.06. The van der Waals surface area contributed by atoms with Gasteiger partial charge in [0.05, 0.1) is 0 Å². The van der Waals surface area contributed by atoms with Crippen LogP contribution in [0.5, 0.6) is 5.75 Å². The molecule has 0 radical (unpaired) electrons. The van der Waals surface area contributed by atoms with Crippen molar-refractivity contribution in [2.75, 3.05) is 6.61 Å². The minimum absolute atomic E-state index is 0.0573. The van der Waals surface area contributed by atoms with Gasteiger partial charge in [0.15, 0.2) is 11.6 Å². The normalized spacial score (nSPS) is 10.7. The maximum Gasteiger partial charge on any atom is 0.200 e. The second kappa shape index (κ2) is 4.60. The predicted molar refractivity (Wildman–Crippen MR) is 46.7 cm³/mol. The van der Waals surface area contributed by atoms with Gasteiger partial charge in [0.25, 0.3) is 0 Å². The summed E-state index contributed by atoms with van der Waals surface area (Å²) >= 11 is 0. The molecule has 1 aromatic carbocycles. The zero-order valence-electron chi connectivity index (χ0n) is 7.26. The molecular formula is C10H10F2O. The van der Waals surface area contributed by atoms with Crippen LogP contribution in [0.1, 0.15) is 6.92 Å². The Balaban J connectivity index is 2.71. The van der Waals surface area contributed by atoms with Crippen LogP contribution < -0.4 is 4.74 Å². The van der Waals surface area contributed by atoms with Gasteiger partial charge in [0, 0.05) is 0 Å². The Morgan fingerprint density at radius 2 is 2.15 bits per heavy atom. The molecule has 0 aliphatic rings. The second-order valence-corrected chi connectivity index (χ2v) is 2.43. The van der Waals surface area contributed by atoms with Gasteiger partial charge in [-0.3, -0.25) is 0 Å². The van der Waals surface area contributed by atoms with Gasteiger partial charge in [-0.1, -0.05) is 18.2 Å². The van der Waals surface area contributed by atoms with Gasteiger partial charge in [-0.05, 0) is 19.1 Å². The van der Waals surface area contributed by atoms with Crippen LogP contribution in [-0.2, 0) is 0 Å².